The predicted octanol–water partition coefficient (Wildman–Crippen LogP) is 2.29. The highest BCUT2D eigenvalue weighted by Gasteiger charge is 1.97. The van der Waals surface area contributed by atoms with Crippen LogP contribution < -0.4 is 5.32 Å². The van der Waals surface area contributed by atoms with Gasteiger partial charge in [-0.1, -0.05) is 0 Å². The molecule has 2 aromatic heterocycles. The Kier molecular flexibility index (Phi) is 2.69. The molecule has 5 heteroatoms. The average molecular weight is 209 g/mol. The highest BCUT2D eigenvalue weighted by atomic mass is 32.1. The minimum atomic E-state index is -0.316. The molecule has 0 unspecified atom stereocenters. The van der Waals surface area contributed by atoms with Crippen LogP contribution in [0.4, 0.5) is 9.52 Å². The zero-order valence-corrected chi connectivity index (χ0v) is 8.09. The zero-order chi connectivity index (χ0) is 9.80. The van der Waals surface area contributed by atoms with E-state index < -0.39 is 0 Å². The van der Waals surface area contributed by atoms with E-state index in [1.54, 1.807) is 12.4 Å². The van der Waals surface area contributed by atoms with Crippen molar-refractivity contribution in [2.45, 2.75) is 6.54 Å². The Bertz CT molecular complexity index is 402. The van der Waals surface area contributed by atoms with E-state index in [1.165, 1.54) is 23.6 Å². The summed E-state index contributed by atoms with van der Waals surface area (Å²) in [6.45, 7) is 0.540. The van der Waals surface area contributed by atoms with Crippen LogP contribution in [0.25, 0.3) is 0 Å². The van der Waals surface area contributed by atoms with Crippen molar-refractivity contribution in [3.05, 3.63) is 41.4 Å². The lowest BCUT2D eigenvalue weighted by molar-refractivity contribution is 0.619. The lowest BCUT2D eigenvalue weighted by Gasteiger charge is -2.01. The highest BCUT2D eigenvalue weighted by Crippen LogP contribution is 2.11. The van der Waals surface area contributed by atoms with Crippen molar-refractivity contribution in [3.63, 3.8) is 0 Å². The molecule has 0 aromatic carbocycles. The zero-order valence-electron chi connectivity index (χ0n) is 7.27. The molecule has 0 bridgehead atoms. The molecule has 0 amide bonds. The number of nitrogens with zero attached hydrogens (tertiary/aromatic N) is 2. The Hall–Kier alpha value is -1.49. The van der Waals surface area contributed by atoms with E-state index in [2.05, 4.69) is 15.3 Å². The van der Waals surface area contributed by atoms with Gasteiger partial charge in [-0.15, -0.1) is 11.3 Å². The first kappa shape index (κ1) is 9.08. The second-order valence-electron chi connectivity index (χ2n) is 2.70. The van der Waals surface area contributed by atoms with Gasteiger partial charge < -0.3 is 5.32 Å². The minimum Gasteiger partial charge on any atom is -0.357 e. The quantitative estimate of drug-likeness (QED) is 0.842. The van der Waals surface area contributed by atoms with Crippen LogP contribution in [0.15, 0.2) is 30.0 Å². The summed E-state index contributed by atoms with van der Waals surface area (Å²) in [5.41, 5.74) is 0.806. The fourth-order valence-corrected chi connectivity index (χ4v) is 1.57. The Labute approximate surface area is 84.6 Å². The molecule has 1 N–H and O–H groups in total. The lowest BCUT2D eigenvalue weighted by atomic mass is 10.3. The van der Waals surface area contributed by atoms with Crippen molar-refractivity contribution in [2.24, 2.45) is 0 Å². The number of anilines is 1. The number of rotatable bonds is 3. The Morgan fingerprint density at radius 2 is 2.36 bits per heavy atom. The summed E-state index contributed by atoms with van der Waals surface area (Å²) in [5, 5.41) is 5.78. The number of hydrogen-bond donors (Lipinski definition) is 1. The van der Waals surface area contributed by atoms with Crippen LogP contribution in [-0.2, 0) is 6.54 Å². The van der Waals surface area contributed by atoms with Crippen molar-refractivity contribution >= 4 is 16.5 Å². The van der Waals surface area contributed by atoms with Crippen LogP contribution in [-0.4, -0.2) is 9.97 Å². The molecule has 0 fully saturated rings. The fourth-order valence-electron chi connectivity index (χ4n) is 1.04. The largest absolute Gasteiger partial charge is 0.357 e. The summed E-state index contributed by atoms with van der Waals surface area (Å²) in [4.78, 5) is 7.80. The molecule has 0 radical (unpaired) electrons. The maximum absolute atomic E-state index is 12.7. The van der Waals surface area contributed by atoms with E-state index >= 15 is 0 Å². The number of nitrogens with one attached hydrogen (secondary N) is 1. The summed E-state index contributed by atoms with van der Waals surface area (Å²) in [5.74, 6) is -0.316. The van der Waals surface area contributed by atoms with Gasteiger partial charge in [0.1, 0.15) is 5.82 Å². The molecule has 2 aromatic rings. The summed E-state index contributed by atoms with van der Waals surface area (Å²) in [6, 6.07) is 1.45. The van der Waals surface area contributed by atoms with Crippen LogP contribution in [0.5, 0.6) is 0 Å². The van der Waals surface area contributed by atoms with Crippen LogP contribution in [0.3, 0.4) is 0 Å². The molecular formula is C9H8FN3S. The molecule has 2 heterocycles. The fraction of sp³-hybridized carbons (Fsp3) is 0.111. The van der Waals surface area contributed by atoms with Crippen LogP contribution in [0, 0.1) is 5.82 Å². The molecular weight excluding hydrogens is 201 g/mol. The minimum absolute atomic E-state index is 0.316. The second kappa shape index (κ2) is 4.15. The third kappa shape index (κ3) is 2.26. The molecule has 0 aliphatic carbocycles. The van der Waals surface area contributed by atoms with E-state index in [0.29, 0.717) is 6.54 Å². The summed E-state index contributed by atoms with van der Waals surface area (Å²) >= 11 is 1.51. The number of pyridine rings is 1. The smallest absolute Gasteiger partial charge is 0.182 e. The Morgan fingerprint density at radius 1 is 1.43 bits per heavy atom. The molecule has 14 heavy (non-hydrogen) atoms. The SMILES string of the molecule is Fc1cncc(CNc2nccs2)c1. The van der Waals surface area contributed by atoms with E-state index in [1.807, 2.05) is 5.38 Å². The van der Waals surface area contributed by atoms with E-state index in [-0.39, 0.29) is 5.82 Å². The molecule has 2 rings (SSSR count). The van der Waals surface area contributed by atoms with Gasteiger partial charge in [0.25, 0.3) is 0 Å². The lowest BCUT2D eigenvalue weighted by Crippen LogP contribution is -1.99. The van der Waals surface area contributed by atoms with Gasteiger partial charge in [-0.25, -0.2) is 9.37 Å². The Morgan fingerprint density at radius 3 is 3.07 bits per heavy atom. The molecule has 0 atom stereocenters. The molecule has 3 nitrogen and oxygen atoms in total. The second-order valence-corrected chi connectivity index (χ2v) is 3.60. The third-order valence-corrected chi connectivity index (χ3v) is 2.37. The van der Waals surface area contributed by atoms with Gasteiger partial charge in [0, 0.05) is 24.3 Å². The van der Waals surface area contributed by atoms with E-state index in [0.717, 1.165) is 10.7 Å². The average Bonchev–Trinajstić information content (AvgIpc) is 2.67. The molecule has 72 valence electrons. The van der Waals surface area contributed by atoms with Crippen LogP contribution in [0.2, 0.25) is 0 Å². The maximum Gasteiger partial charge on any atom is 0.182 e. The van der Waals surface area contributed by atoms with E-state index in [9.17, 15) is 4.39 Å². The molecule has 0 saturated heterocycles. The van der Waals surface area contributed by atoms with Crippen molar-refractivity contribution < 1.29 is 4.39 Å². The standard InChI is InChI=1S/C9H8FN3S/c10-8-3-7(4-11-6-8)5-13-9-12-1-2-14-9/h1-4,6H,5H2,(H,12,13). The van der Waals surface area contributed by atoms with Crippen molar-refractivity contribution in [2.75, 3.05) is 5.32 Å². The van der Waals surface area contributed by atoms with Gasteiger partial charge in [0.15, 0.2) is 5.13 Å². The monoisotopic (exact) mass is 209 g/mol. The summed E-state index contributed by atoms with van der Waals surface area (Å²) in [7, 11) is 0. The van der Waals surface area contributed by atoms with E-state index in [4.69, 9.17) is 0 Å². The number of hydrogen-bond acceptors (Lipinski definition) is 4. The summed E-state index contributed by atoms with van der Waals surface area (Å²) in [6.07, 6.45) is 4.54. The van der Waals surface area contributed by atoms with Gasteiger partial charge in [-0.3, -0.25) is 4.98 Å². The third-order valence-electron chi connectivity index (χ3n) is 1.64. The van der Waals surface area contributed by atoms with Gasteiger partial charge in [0.2, 0.25) is 0 Å². The first-order chi connectivity index (χ1) is 6.84. The van der Waals surface area contributed by atoms with Crippen LogP contribution >= 0.6 is 11.3 Å². The molecule has 0 aliphatic rings. The summed E-state index contributed by atoms with van der Waals surface area (Å²) < 4.78 is 12.7. The Balaban J connectivity index is 1.98. The van der Waals surface area contributed by atoms with Gasteiger partial charge >= 0.3 is 0 Å². The molecule has 0 aliphatic heterocycles. The van der Waals surface area contributed by atoms with Crippen molar-refractivity contribution in [3.8, 4) is 0 Å². The maximum atomic E-state index is 12.7. The van der Waals surface area contributed by atoms with Gasteiger partial charge in [-0.2, -0.15) is 0 Å². The first-order valence-electron chi connectivity index (χ1n) is 4.07. The number of thiazole rings is 1. The topological polar surface area (TPSA) is 37.8 Å². The van der Waals surface area contributed by atoms with Crippen molar-refractivity contribution in [1.29, 1.82) is 0 Å². The predicted molar refractivity (Wildman–Crippen MR) is 53.6 cm³/mol. The van der Waals surface area contributed by atoms with Gasteiger partial charge in [-0.05, 0) is 11.6 Å². The molecule has 0 saturated carbocycles. The molecule has 0 spiro atoms. The van der Waals surface area contributed by atoms with Crippen molar-refractivity contribution in [1.82, 2.24) is 9.97 Å². The number of halogens is 1. The van der Waals surface area contributed by atoms with Crippen LogP contribution in [0.1, 0.15) is 5.56 Å². The normalized spacial score (nSPS) is 10.1. The number of aromatic nitrogens is 2. The van der Waals surface area contributed by atoms with Gasteiger partial charge in [0.05, 0.1) is 6.20 Å². The highest BCUT2D eigenvalue weighted by molar-refractivity contribution is 7.13. The first-order valence-corrected chi connectivity index (χ1v) is 4.95.